The van der Waals surface area contributed by atoms with Gasteiger partial charge in [0.15, 0.2) is 0 Å². The number of likely N-dealkylation sites (N-methyl/N-ethyl adjacent to an activating group) is 1. The number of amides is 3. The molecule has 0 saturated carbocycles. The summed E-state index contributed by atoms with van der Waals surface area (Å²) in [6, 6.07) is 6.08. The topological polar surface area (TPSA) is 66.9 Å². The fraction of sp³-hybridized carbons (Fsp3) is 0.667. The summed E-state index contributed by atoms with van der Waals surface area (Å²) in [5.41, 5.74) is 2.73. The minimum absolute atomic E-state index is 0.00930. The summed E-state index contributed by atoms with van der Waals surface area (Å²) >= 11 is 0. The third kappa shape index (κ3) is 4.78. The summed E-state index contributed by atoms with van der Waals surface area (Å²) in [5, 5.41) is 0. The molecule has 0 N–H and O–H groups in total. The summed E-state index contributed by atoms with van der Waals surface area (Å²) < 4.78 is 6.20. The van der Waals surface area contributed by atoms with Gasteiger partial charge in [0.1, 0.15) is 6.10 Å². The van der Waals surface area contributed by atoms with E-state index in [1.807, 2.05) is 17.9 Å². The number of fused-ring (bicyclic) bond motifs is 1. The van der Waals surface area contributed by atoms with Crippen LogP contribution in [0.5, 0.6) is 0 Å². The highest BCUT2D eigenvalue weighted by Gasteiger charge is 2.41. The molecule has 3 heterocycles. The van der Waals surface area contributed by atoms with Gasteiger partial charge in [0.05, 0.1) is 44.0 Å². The number of carbonyl (C=O) groups is 3. The monoisotopic (exact) mass is 470 g/mol. The number of nitrogens with zero attached hydrogens (tertiary/aromatic N) is 3. The second-order valence-corrected chi connectivity index (χ2v) is 10.6. The van der Waals surface area contributed by atoms with Crippen molar-refractivity contribution in [3.8, 4) is 0 Å². The SMILES string of the molecule is CCCCC[N+]1(C)CC(c2ccc3c(c2)N(C(=O)C2CCCO2)CC(C)N3C(C)=O)CCC1=O. The van der Waals surface area contributed by atoms with E-state index in [4.69, 9.17) is 4.74 Å². The lowest BCUT2D eigenvalue weighted by molar-refractivity contribution is -0.840. The van der Waals surface area contributed by atoms with Crippen LogP contribution in [-0.2, 0) is 19.1 Å². The summed E-state index contributed by atoms with van der Waals surface area (Å²) in [5.74, 6) is 0.551. The zero-order valence-corrected chi connectivity index (χ0v) is 21.2. The van der Waals surface area contributed by atoms with Gasteiger partial charge >= 0.3 is 5.91 Å². The first kappa shape index (κ1) is 24.9. The first-order chi connectivity index (χ1) is 16.2. The second kappa shape index (κ2) is 10.2. The maximum atomic E-state index is 13.4. The second-order valence-electron chi connectivity index (χ2n) is 10.6. The quantitative estimate of drug-likeness (QED) is 0.466. The van der Waals surface area contributed by atoms with Crippen LogP contribution in [0.2, 0.25) is 0 Å². The van der Waals surface area contributed by atoms with Crippen LogP contribution in [0.15, 0.2) is 18.2 Å². The van der Waals surface area contributed by atoms with Crippen LogP contribution in [-0.4, -0.2) is 67.6 Å². The average molecular weight is 471 g/mol. The Balaban J connectivity index is 1.65. The van der Waals surface area contributed by atoms with Crippen LogP contribution in [0.4, 0.5) is 11.4 Å². The van der Waals surface area contributed by atoms with Gasteiger partial charge in [-0.25, -0.2) is 4.79 Å². The van der Waals surface area contributed by atoms with Gasteiger partial charge in [-0.05, 0) is 56.7 Å². The van der Waals surface area contributed by atoms with Gasteiger partial charge < -0.3 is 14.5 Å². The average Bonchev–Trinajstić information content (AvgIpc) is 3.34. The zero-order chi connectivity index (χ0) is 24.5. The molecule has 34 heavy (non-hydrogen) atoms. The van der Waals surface area contributed by atoms with Crippen LogP contribution in [0.25, 0.3) is 0 Å². The van der Waals surface area contributed by atoms with Crippen LogP contribution >= 0.6 is 0 Å². The van der Waals surface area contributed by atoms with E-state index in [9.17, 15) is 14.4 Å². The lowest BCUT2D eigenvalue weighted by Crippen LogP contribution is -2.55. The molecular formula is C27H40N3O4+. The van der Waals surface area contributed by atoms with Crippen molar-refractivity contribution in [3.63, 3.8) is 0 Å². The van der Waals surface area contributed by atoms with Crippen molar-refractivity contribution in [1.29, 1.82) is 0 Å². The number of carbonyl (C=O) groups excluding carboxylic acids is 3. The molecule has 4 rings (SSSR count). The van der Waals surface area contributed by atoms with Crippen LogP contribution < -0.4 is 9.80 Å². The summed E-state index contributed by atoms with van der Waals surface area (Å²) in [7, 11) is 2.08. The summed E-state index contributed by atoms with van der Waals surface area (Å²) in [6.45, 7) is 8.50. The molecule has 0 aliphatic carbocycles. The van der Waals surface area contributed by atoms with Gasteiger partial charge in [-0.1, -0.05) is 19.4 Å². The molecule has 3 amide bonds. The number of hydrogen-bond acceptors (Lipinski definition) is 4. The summed E-state index contributed by atoms with van der Waals surface area (Å²) in [6.07, 6.45) is 5.99. The van der Waals surface area contributed by atoms with E-state index in [0.29, 0.717) is 30.0 Å². The Morgan fingerprint density at radius 1 is 1.18 bits per heavy atom. The third-order valence-corrected chi connectivity index (χ3v) is 7.91. The Kier molecular flexibility index (Phi) is 7.43. The largest absolute Gasteiger partial charge is 0.368 e. The number of piperidine rings is 1. The number of likely N-dealkylation sites (tertiary alicyclic amines) is 1. The molecule has 2 saturated heterocycles. The van der Waals surface area contributed by atoms with Gasteiger partial charge in [0.2, 0.25) is 5.91 Å². The number of ether oxygens (including phenoxy) is 1. The van der Waals surface area contributed by atoms with Gasteiger partial charge in [0.25, 0.3) is 5.91 Å². The molecule has 0 bridgehead atoms. The Bertz CT molecular complexity index is 942. The van der Waals surface area contributed by atoms with E-state index < -0.39 is 6.10 Å². The number of rotatable bonds is 6. The van der Waals surface area contributed by atoms with Gasteiger partial charge in [-0.15, -0.1) is 0 Å². The zero-order valence-electron chi connectivity index (χ0n) is 21.2. The maximum Gasteiger partial charge on any atom is 0.313 e. The normalized spacial score (nSPS) is 29.3. The van der Waals surface area contributed by atoms with E-state index in [0.717, 1.165) is 68.6 Å². The maximum absolute atomic E-state index is 13.4. The standard InChI is InChI=1S/C27H40N3O4/c1-5-6-7-14-30(4)18-22(11-13-26(30)32)21-10-12-23-24(16-21)28(17-19(2)29(23)20(3)31)27(33)25-9-8-15-34-25/h10,12,16,19,22,25H,5-9,11,13-15,17-18H2,1-4H3/q+1. The molecule has 3 aliphatic heterocycles. The number of quaternary nitrogens is 1. The Hall–Kier alpha value is -2.25. The van der Waals surface area contributed by atoms with E-state index >= 15 is 0 Å². The predicted octanol–water partition coefficient (Wildman–Crippen LogP) is 3.99. The third-order valence-electron chi connectivity index (χ3n) is 7.91. The van der Waals surface area contributed by atoms with E-state index in [1.54, 1.807) is 11.8 Å². The molecule has 0 aromatic heterocycles. The van der Waals surface area contributed by atoms with Crippen molar-refractivity contribution >= 4 is 29.1 Å². The van der Waals surface area contributed by atoms with Crippen molar-refractivity contribution in [3.05, 3.63) is 23.8 Å². The minimum Gasteiger partial charge on any atom is -0.368 e. The van der Waals surface area contributed by atoms with Crippen LogP contribution in [0.1, 0.15) is 77.2 Å². The number of hydrogen-bond donors (Lipinski definition) is 0. The fourth-order valence-corrected chi connectivity index (χ4v) is 5.98. The number of unbranched alkanes of at least 4 members (excludes halogenated alkanes) is 2. The molecule has 0 spiro atoms. The van der Waals surface area contributed by atoms with Crippen LogP contribution in [0.3, 0.4) is 0 Å². The van der Waals surface area contributed by atoms with E-state index in [2.05, 4.69) is 26.1 Å². The first-order valence-electron chi connectivity index (χ1n) is 13.0. The van der Waals surface area contributed by atoms with Gasteiger partial charge in [-0.2, -0.15) is 0 Å². The van der Waals surface area contributed by atoms with Crippen molar-refractivity contribution in [2.45, 2.75) is 83.8 Å². The van der Waals surface area contributed by atoms with Crippen LogP contribution in [0, 0.1) is 0 Å². The Morgan fingerprint density at radius 2 is 1.97 bits per heavy atom. The highest BCUT2D eigenvalue weighted by Crippen LogP contribution is 2.41. The highest BCUT2D eigenvalue weighted by atomic mass is 16.5. The lowest BCUT2D eigenvalue weighted by atomic mass is 9.87. The van der Waals surface area contributed by atoms with E-state index in [-0.39, 0.29) is 23.8 Å². The predicted molar refractivity (Wildman–Crippen MR) is 133 cm³/mol. The van der Waals surface area contributed by atoms with Crippen molar-refractivity contribution in [2.24, 2.45) is 0 Å². The van der Waals surface area contributed by atoms with Crippen molar-refractivity contribution < 1.29 is 23.6 Å². The Morgan fingerprint density at radius 3 is 2.65 bits per heavy atom. The molecule has 186 valence electrons. The lowest BCUT2D eigenvalue weighted by Gasteiger charge is -2.42. The van der Waals surface area contributed by atoms with Gasteiger partial charge in [-0.3, -0.25) is 14.1 Å². The van der Waals surface area contributed by atoms with E-state index in [1.165, 1.54) is 0 Å². The van der Waals surface area contributed by atoms with Gasteiger partial charge in [0, 0.05) is 26.0 Å². The Labute approximate surface area is 203 Å². The summed E-state index contributed by atoms with van der Waals surface area (Å²) in [4.78, 5) is 42.4. The van der Waals surface area contributed by atoms with Crippen molar-refractivity contribution in [2.75, 3.05) is 43.1 Å². The molecule has 7 heteroatoms. The molecule has 7 nitrogen and oxygen atoms in total. The smallest absolute Gasteiger partial charge is 0.313 e. The molecule has 1 aromatic rings. The molecule has 2 fully saturated rings. The molecule has 1 aromatic carbocycles. The number of benzene rings is 1. The van der Waals surface area contributed by atoms with Crippen molar-refractivity contribution in [1.82, 2.24) is 0 Å². The molecule has 4 unspecified atom stereocenters. The molecule has 0 radical (unpaired) electrons. The first-order valence-corrected chi connectivity index (χ1v) is 13.0. The minimum atomic E-state index is -0.404. The molecular weight excluding hydrogens is 430 g/mol. The fourth-order valence-electron chi connectivity index (χ4n) is 5.98. The molecule has 3 aliphatic rings. The number of anilines is 2. The highest BCUT2D eigenvalue weighted by molar-refractivity contribution is 6.05. The molecule has 4 atom stereocenters.